The highest BCUT2D eigenvalue weighted by atomic mass is 19.1. The lowest BCUT2D eigenvalue weighted by Crippen LogP contribution is -2.16. The van der Waals surface area contributed by atoms with Gasteiger partial charge in [0.05, 0.1) is 17.2 Å². The van der Waals surface area contributed by atoms with Crippen LogP contribution in [0, 0.1) is 15.9 Å². The van der Waals surface area contributed by atoms with Gasteiger partial charge in [0.1, 0.15) is 0 Å². The molecule has 0 atom stereocenters. The van der Waals surface area contributed by atoms with Gasteiger partial charge in [-0.1, -0.05) is 6.92 Å². The first-order valence-electron chi connectivity index (χ1n) is 5.55. The van der Waals surface area contributed by atoms with Crippen molar-refractivity contribution >= 4 is 5.69 Å². The van der Waals surface area contributed by atoms with Crippen LogP contribution in [0.5, 0.6) is 0 Å². The predicted molar refractivity (Wildman–Crippen MR) is 63.1 cm³/mol. The average Bonchev–Trinajstić information content (AvgIpc) is 2.85. The molecule has 0 aliphatic carbocycles. The summed E-state index contributed by atoms with van der Waals surface area (Å²) < 4.78 is 14.6. The van der Waals surface area contributed by atoms with Gasteiger partial charge in [-0.3, -0.25) is 10.1 Å². The first-order valence-corrected chi connectivity index (χ1v) is 5.55. The molecule has 2 rings (SSSR count). The van der Waals surface area contributed by atoms with Gasteiger partial charge in [-0.25, -0.2) is 0 Å². The van der Waals surface area contributed by atoms with Gasteiger partial charge in [-0.15, -0.1) is 5.10 Å². The molecule has 0 saturated heterocycles. The lowest BCUT2D eigenvalue weighted by molar-refractivity contribution is -0.387. The Bertz CT molecular complexity index is 599. The van der Waals surface area contributed by atoms with Crippen LogP contribution in [-0.2, 0) is 6.54 Å². The van der Waals surface area contributed by atoms with Crippen molar-refractivity contribution in [3.05, 3.63) is 40.0 Å². The minimum atomic E-state index is -0.893. The van der Waals surface area contributed by atoms with Crippen LogP contribution in [0.25, 0.3) is 5.69 Å². The molecular weight excluding hydrogens is 255 g/mol. The SMILES string of the molecule is CCNCc1nnnn1-c1ccc(F)c([N+](=O)[O-])c1. The maximum atomic E-state index is 13.3. The van der Waals surface area contributed by atoms with Crippen LogP contribution in [0.3, 0.4) is 0 Å². The molecule has 8 nitrogen and oxygen atoms in total. The molecule has 0 spiro atoms. The summed E-state index contributed by atoms with van der Waals surface area (Å²) in [5, 5.41) is 24.8. The second kappa shape index (κ2) is 5.48. The number of nitrogens with one attached hydrogen (secondary N) is 1. The fourth-order valence-corrected chi connectivity index (χ4v) is 1.53. The number of nitrogens with zero attached hydrogens (tertiary/aromatic N) is 5. The molecule has 0 bridgehead atoms. The van der Waals surface area contributed by atoms with E-state index in [-0.39, 0.29) is 0 Å². The fraction of sp³-hybridized carbons (Fsp3) is 0.300. The number of benzene rings is 1. The van der Waals surface area contributed by atoms with Gasteiger partial charge in [0.15, 0.2) is 5.82 Å². The molecule has 0 unspecified atom stereocenters. The molecule has 19 heavy (non-hydrogen) atoms. The Labute approximate surface area is 107 Å². The quantitative estimate of drug-likeness (QED) is 0.635. The molecule has 0 fully saturated rings. The van der Waals surface area contributed by atoms with Gasteiger partial charge < -0.3 is 5.32 Å². The highest BCUT2D eigenvalue weighted by Crippen LogP contribution is 2.20. The first-order chi connectivity index (χ1) is 9.13. The fourth-order valence-electron chi connectivity index (χ4n) is 1.53. The molecule has 1 heterocycles. The van der Waals surface area contributed by atoms with Crippen molar-refractivity contribution in [1.82, 2.24) is 25.5 Å². The maximum absolute atomic E-state index is 13.3. The second-order valence-electron chi connectivity index (χ2n) is 3.68. The number of halogens is 1. The minimum Gasteiger partial charge on any atom is -0.310 e. The highest BCUT2D eigenvalue weighted by Gasteiger charge is 2.17. The smallest absolute Gasteiger partial charge is 0.306 e. The van der Waals surface area contributed by atoms with Crippen LogP contribution < -0.4 is 5.32 Å². The summed E-state index contributed by atoms with van der Waals surface area (Å²) in [6.07, 6.45) is 0. The number of aromatic nitrogens is 4. The lowest BCUT2D eigenvalue weighted by Gasteiger charge is -2.05. The average molecular weight is 266 g/mol. The number of rotatable bonds is 5. The van der Waals surface area contributed by atoms with E-state index >= 15 is 0 Å². The molecule has 0 aliphatic rings. The first kappa shape index (κ1) is 13.0. The van der Waals surface area contributed by atoms with E-state index in [4.69, 9.17) is 0 Å². The van der Waals surface area contributed by atoms with Crippen molar-refractivity contribution in [2.24, 2.45) is 0 Å². The van der Waals surface area contributed by atoms with Crippen LogP contribution in [0.4, 0.5) is 10.1 Å². The van der Waals surface area contributed by atoms with Crippen LogP contribution in [0.15, 0.2) is 18.2 Å². The van der Waals surface area contributed by atoms with E-state index < -0.39 is 16.4 Å². The number of nitro benzene ring substituents is 1. The van der Waals surface area contributed by atoms with Gasteiger partial charge in [0.25, 0.3) is 0 Å². The molecule has 0 radical (unpaired) electrons. The Morgan fingerprint density at radius 3 is 3.00 bits per heavy atom. The Morgan fingerprint density at radius 1 is 1.53 bits per heavy atom. The van der Waals surface area contributed by atoms with Gasteiger partial charge in [-0.05, 0) is 29.1 Å². The summed E-state index contributed by atoms with van der Waals surface area (Å²) in [5.41, 5.74) is -0.270. The Balaban J connectivity index is 2.39. The Hall–Kier alpha value is -2.42. The number of hydrogen-bond donors (Lipinski definition) is 1. The zero-order valence-corrected chi connectivity index (χ0v) is 10.1. The zero-order valence-electron chi connectivity index (χ0n) is 10.1. The minimum absolute atomic E-state index is 0.339. The van der Waals surface area contributed by atoms with Crippen LogP contribution >= 0.6 is 0 Å². The third kappa shape index (κ3) is 2.71. The largest absolute Gasteiger partial charge is 0.310 e. The third-order valence-electron chi connectivity index (χ3n) is 2.44. The summed E-state index contributed by atoms with van der Waals surface area (Å²) >= 11 is 0. The van der Waals surface area contributed by atoms with Gasteiger partial charge in [0, 0.05) is 6.07 Å². The summed E-state index contributed by atoms with van der Waals surface area (Å²) in [5.74, 6) is -0.405. The highest BCUT2D eigenvalue weighted by molar-refractivity contribution is 5.44. The summed E-state index contributed by atoms with van der Waals surface area (Å²) in [7, 11) is 0. The molecule has 1 aromatic heterocycles. The van der Waals surface area contributed by atoms with Crippen molar-refractivity contribution in [2.75, 3.05) is 6.54 Å². The lowest BCUT2D eigenvalue weighted by atomic mass is 10.2. The zero-order chi connectivity index (χ0) is 13.8. The van der Waals surface area contributed by atoms with Crippen molar-refractivity contribution in [2.45, 2.75) is 13.5 Å². The third-order valence-corrected chi connectivity index (χ3v) is 2.44. The maximum Gasteiger partial charge on any atom is 0.306 e. The molecule has 0 aliphatic heterocycles. The molecular formula is C10H11FN6O2. The predicted octanol–water partition coefficient (Wildman–Crippen LogP) is 0.819. The normalized spacial score (nSPS) is 10.6. The number of hydrogen-bond acceptors (Lipinski definition) is 6. The van der Waals surface area contributed by atoms with E-state index in [0.29, 0.717) is 18.1 Å². The van der Waals surface area contributed by atoms with Crippen molar-refractivity contribution in [1.29, 1.82) is 0 Å². The van der Waals surface area contributed by atoms with Crippen LogP contribution in [-0.4, -0.2) is 31.7 Å². The molecule has 2 aromatic rings. The van der Waals surface area contributed by atoms with Crippen LogP contribution in [0.1, 0.15) is 12.7 Å². The van der Waals surface area contributed by atoms with Gasteiger partial charge in [-0.2, -0.15) is 9.07 Å². The summed E-state index contributed by atoms with van der Waals surface area (Å²) in [6, 6.07) is 3.50. The van der Waals surface area contributed by atoms with Gasteiger partial charge >= 0.3 is 5.69 Å². The van der Waals surface area contributed by atoms with E-state index in [1.54, 1.807) is 0 Å². The molecule has 1 N–H and O–H groups in total. The molecule has 9 heteroatoms. The van der Waals surface area contributed by atoms with Crippen molar-refractivity contribution in [3.63, 3.8) is 0 Å². The Kier molecular flexibility index (Phi) is 3.76. The van der Waals surface area contributed by atoms with Crippen molar-refractivity contribution < 1.29 is 9.31 Å². The van der Waals surface area contributed by atoms with Crippen LogP contribution in [0.2, 0.25) is 0 Å². The topological polar surface area (TPSA) is 98.8 Å². The van der Waals surface area contributed by atoms with E-state index in [1.807, 2.05) is 6.92 Å². The number of nitro groups is 1. The van der Waals surface area contributed by atoms with E-state index in [1.165, 1.54) is 10.7 Å². The second-order valence-corrected chi connectivity index (χ2v) is 3.68. The standard InChI is InChI=1S/C10H11FN6O2/c1-2-12-6-10-13-14-15-16(10)7-3-4-8(11)9(5-7)17(18)19/h3-5,12H,2,6H2,1H3. The van der Waals surface area contributed by atoms with Crippen molar-refractivity contribution in [3.8, 4) is 5.69 Å². The van der Waals surface area contributed by atoms with E-state index in [0.717, 1.165) is 18.7 Å². The van der Waals surface area contributed by atoms with E-state index in [2.05, 4.69) is 20.8 Å². The molecule has 100 valence electrons. The monoisotopic (exact) mass is 266 g/mol. The Morgan fingerprint density at radius 2 is 2.32 bits per heavy atom. The molecule has 0 saturated carbocycles. The van der Waals surface area contributed by atoms with E-state index in [9.17, 15) is 14.5 Å². The molecule has 1 aromatic carbocycles. The summed E-state index contributed by atoms with van der Waals surface area (Å²) in [6.45, 7) is 3.07. The molecule has 0 amide bonds. The number of tetrazole rings is 1. The van der Waals surface area contributed by atoms with Gasteiger partial charge in [0.2, 0.25) is 5.82 Å². The summed E-state index contributed by atoms with van der Waals surface area (Å²) in [4.78, 5) is 9.91.